The molecule has 0 fully saturated rings. The predicted octanol–water partition coefficient (Wildman–Crippen LogP) is -0.191. The molecule has 1 aliphatic heterocycles. The van der Waals surface area contributed by atoms with Crippen molar-refractivity contribution in [2.24, 2.45) is 0 Å². The Morgan fingerprint density at radius 3 is 2.68 bits per heavy atom. The molecular weight excluding hydrogens is 252 g/mol. The van der Waals surface area contributed by atoms with Crippen molar-refractivity contribution < 1.29 is 24.5 Å². The lowest BCUT2D eigenvalue weighted by Crippen LogP contribution is -2.53. The van der Waals surface area contributed by atoms with Crippen LogP contribution in [0.4, 0.5) is 4.79 Å². The van der Waals surface area contributed by atoms with Crippen LogP contribution in [0.5, 0.6) is 0 Å². The van der Waals surface area contributed by atoms with Crippen molar-refractivity contribution in [1.29, 1.82) is 0 Å². The van der Waals surface area contributed by atoms with E-state index in [1.807, 2.05) is 6.08 Å². The van der Waals surface area contributed by atoms with E-state index in [0.717, 1.165) is 5.57 Å². The Morgan fingerprint density at radius 2 is 2.26 bits per heavy atom. The molecule has 1 heterocycles. The summed E-state index contributed by atoms with van der Waals surface area (Å²) in [5, 5.41) is 20.5. The third kappa shape index (κ3) is 4.53. The number of aliphatic carboxylic acids is 1. The number of urea groups is 1. The lowest BCUT2D eigenvalue weighted by Gasteiger charge is -2.28. The fourth-order valence-corrected chi connectivity index (χ4v) is 1.83. The summed E-state index contributed by atoms with van der Waals surface area (Å²) in [6.07, 6.45) is 1.45. The van der Waals surface area contributed by atoms with Gasteiger partial charge in [-0.1, -0.05) is 6.08 Å². The van der Waals surface area contributed by atoms with Gasteiger partial charge in [0.2, 0.25) is 0 Å². The maximum Gasteiger partial charge on any atom is 0.328 e. The van der Waals surface area contributed by atoms with E-state index >= 15 is 0 Å². The summed E-state index contributed by atoms with van der Waals surface area (Å²) in [7, 11) is 1.61. The average molecular weight is 272 g/mol. The first kappa shape index (κ1) is 15.5. The van der Waals surface area contributed by atoms with Gasteiger partial charge in [-0.05, 0) is 18.9 Å². The van der Waals surface area contributed by atoms with Gasteiger partial charge >= 0.3 is 12.0 Å². The molecule has 2 amide bonds. The number of amides is 2. The number of carboxylic acids is 1. The van der Waals surface area contributed by atoms with E-state index < -0.39 is 24.1 Å². The lowest BCUT2D eigenvalue weighted by molar-refractivity contribution is -0.141. The first-order valence-electron chi connectivity index (χ1n) is 6.09. The van der Waals surface area contributed by atoms with Crippen molar-refractivity contribution in [3.8, 4) is 0 Å². The molecule has 3 N–H and O–H groups in total. The van der Waals surface area contributed by atoms with Crippen molar-refractivity contribution in [2.75, 3.05) is 26.8 Å². The van der Waals surface area contributed by atoms with Gasteiger partial charge < -0.3 is 25.2 Å². The van der Waals surface area contributed by atoms with E-state index in [1.165, 1.54) is 11.8 Å². The Hall–Kier alpha value is -1.60. The molecule has 19 heavy (non-hydrogen) atoms. The molecule has 0 radical (unpaired) electrons. The summed E-state index contributed by atoms with van der Waals surface area (Å²) >= 11 is 0. The zero-order valence-corrected chi connectivity index (χ0v) is 11.1. The first-order chi connectivity index (χ1) is 8.95. The van der Waals surface area contributed by atoms with Crippen LogP contribution in [-0.2, 0) is 9.53 Å². The standard InChI is InChI=1S/C12H20N2O5/c1-8(15)10(11(16)17)13-12(18)14-5-3-9(4-6-14)7-19-2/h3,8,10,15H,4-7H2,1-2H3,(H,13,18)(H,16,17)/t8-,10+/m1/s1. The first-order valence-corrected chi connectivity index (χ1v) is 6.09. The van der Waals surface area contributed by atoms with Crippen LogP contribution in [0.1, 0.15) is 13.3 Å². The number of carbonyl (C=O) groups is 2. The van der Waals surface area contributed by atoms with Gasteiger partial charge in [0, 0.05) is 20.2 Å². The minimum absolute atomic E-state index is 0.413. The molecule has 2 atom stereocenters. The van der Waals surface area contributed by atoms with E-state index in [0.29, 0.717) is 26.1 Å². The summed E-state index contributed by atoms with van der Waals surface area (Å²) in [6, 6.07) is -1.78. The fraction of sp³-hybridized carbons (Fsp3) is 0.667. The van der Waals surface area contributed by atoms with Crippen molar-refractivity contribution in [3.63, 3.8) is 0 Å². The number of rotatable bonds is 5. The van der Waals surface area contributed by atoms with Crippen LogP contribution in [0.25, 0.3) is 0 Å². The Labute approximate surface area is 111 Å². The number of nitrogens with one attached hydrogen (secondary N) is 1. The highest BCUT2D eigenvalue weighted by Gasteiger charge is 2.27. The number of nitrogens with zero attached hydrogens (tertiary/aromatic N) is 1. The number of ether oxygens (including phenoxy) is 1. The molecule has 0 unspecified atom stereocenters. The number of hydrogen-bond acceptors (Lipinski definition) is 4. The monoisotopic (exact) mass is 272 g/mol. The molecular formula is C12H20N2O5. The molecule has 7 nitrogen and oxygen atoms in total. The smallest absolute Gasteiger partial charge is 0.328 e. The molecule has 0 saturated heterocycles. The second-order valence-corrected chi connectivity index (χ2v) is 4.50. The maximum absolute atomic E-state index is 11.9. The van der Waals surface area contributed by atoms with Crippen LogP contribution in [-0.4, -0.2) is 66.1 Å². The number of carbonyl (C=O) groups excluding carboxylic acids is 1. The molecule has 0 aromatic carbocycles. The van der Waals surface area contributed by atoms with Gasteiger partial charge in [0.05, 0.1) is 12.7 Å². The summed E-state index contributed by atoms with van der Waals surface area (Å²) in [6.45, 7) is 2.79. The molecule has 1 aliphatic rings. The highest BCUT2D eigenvalue weighted by Crippen LogP contribution is 2.11. The molecule has 108 valence electrons. The molecule has 0 aromatic heterocycles. The summed E-state index contributed by atoms with van der Waals surface area (Å²) in [5.41, 5.74) is 1.12. The highest BCUT2D eigenvalue weighted by molar-refractivity contribution is 5.83. The van der Waals surface area contributed by atoms with Crippen LogP contribution in [0, 0.1) is 0 Å². The fourth-order valence-electron chi connectivity index (χ4n) is 1.83. The molecule has 0 saturated carbocycles. The highest BCUT2D eigenvalue weighted by atomic mass is 16.5. The second-order valence-electron chi connectivity index (χ2n) is 4.50. The Kier molecular flexibility index (Phi) is 5.78. The average Bonchev–Trinajstić information content (AvgIpc) is 2.36. The quantitative estimate of drug-likeness (QED) is 0.602. The molecule has 0 bridgehead atoms. The van der Waals surface area contributed by atoms with Crippen molar-refractivity contribution >= 4 is 12.0 Å². The van der Waals surface area contributed by atoms with Gasteiger partial charge in [0.1, 0.15) is 0 Å². The van der Waals surface area contributed by atoms with Crippen molar-refractivity contribution in [2.45, 2.75) is 25.5 Å². The molecule has 0 aromatic rings. The molecule has 1 rings (SSSR count). The minimum Gasteiger partial charge on any atom is -0.480 e. The Morgan fingerprint density at radius 1 is 1.58 bits per heavy atom. The van der Waals surface area contributed by atoms with Gasteiger partial charge in [-0.3, -0.25) is 0 Å². The minimum atomic E-state index is -1.29. The van der Waals surface area contributed by atoms with Crippen LogP contribution >= 0.6 is 0 Å². The van der Waals surface area contributed by atoms with Crippen LogP contribution in [0.2, 0.25) is 0 Å². The normalized spacial score (nSPS) is 18.5. The Balaban J connectivity index is 2.53. The molecule has 0 aliphatic carbocycles. The zero-order valence-electron chi connectivity index (χ0n) is 11.1. The van der Waals surface area contributed by atoms with Gasteiger partial charge in [0.25, 0.3) is 0 Å². The molecule has 7 heteroatoms. The largest absolute Gasteiger partial charge is 0.480 e. The van der Waals surface area contributed by atoms with Crippen LogP contribution in [0.15, 0.2) is 11.6 Å². The number of aliphatic hydroxyl groups excluding tert-OH is 1. The van der Waals surface area contributed by atoms with Crippen molar-refractivity contribution in [1.82, 2.24) is 10.2 Å². The van der Waals surface area contributed by atoms with E-state index in [9.17, 15) is 14.7 Å². The lowest BCUT2D eigenvalue weighted by atomic mass is 10.1. The maximum atomic E-state index is 11.9. The van der Waals surface area contributed by atoms with Crippen LogP contribution in [0.3, 0.4) is 0 Å². The summed E-state index contributed by atoms with van der Waals surface area (Å²) in [4.78, 5) is 24.2. The van der Waals surface area contributed by atoms with Gasteiger partial charge in [-0.15, -0.1) is 0 Å². The number of methoxy groups -OCH3 is 1. The second kappa shape index (κ2) is 7.10. The number of carboxylic acid groups (broad SMARTS) is 1. The number of aliphatic hydroxyl groups is 1. The third-order valence-electron chi connectivity index (χ3n) is 2.95. The van der Waals surface area contributed by atoms with Crippen molar-refractivity contribution in [3.05, 3.63) is 11.6 Å². The van der Waals surface area contributed by atoms with Gasteiger partial charge in [-0.2, -0.15) is 0 Å². The predicted molar refractivity (Wildman–Crippen MR) is 67.8 cm³/mol. The van der Waals surface area contributed by atoms with E-state index in [-0.39, 0.29) is 0 Å². The third-order valence-corrected chi connectivity index (χ3v) is 2.95. The number of hydrogen-bond donors (Lipinski definition) is 3. The van der Waals surface area contributed by atoms with E-state index in [4.69, 9.17) is 9.84 Å². The van der Waals surface area contributed by atoms with Gasteiger partial charge in [0.15, 0.2) is 6.04 Å². The van der Waals surface area contributed by atoms with E-state index in [1.54, 1.807) is 7.11 Å². The topological polar surface area (TPSA) is 99.1 Å². The van der Waals surface area contributed by atoms with E-state index in [2.05, 4.69) is 5.32 Å². The molecule has 0 spiro atoms. The Bertz CT molecular complexity index is 367. The van der Waals surface area contributed by atoms with Gasteiger partial charge in [-0.25, -0.2) is 9.59 Å². The zero-order chi connectivity index (χ0) is 14.4. The summed E-state index contributed by atoms with van der Waals surface area (Å²) < 4.78 is 5.01. The summed E-state index contributed by atoms with van der Waals surface area (Å²) in [5.74, 6) is -1.25. The van der Waals surface area contributed by atoms with Crippen LogP contribution < -0.4 is 5.32 Å². The SMILES string of the molecule is COCC1=CCN(C(=O)N[C@H](C(=O)O)[C@@H](C)O)CC1.